The fourth-order valence-electron chi connectivity index (χ4n) is 3.47. The van der Waals surface area contributed by atoms with Crippen molar-refractivity contribution in [3.05, 3.63) is 66.4 Å². The molecule has 0 aliphatic carbocycles. The second-order valence-corrected chi connectivity index (χ2v) is 6.67. The van der Waals surface area contributed by atoms with Crippen LogP contribution in [0.2, 0.25) is 0 Å². The van der Waals surface area contributed by atoms with Crippen molar-refractivity contribution in [3.8, 4) is 11.5 Å². The molecule has 27 heavy (non-hydrogen) atoms. The van der Waals surface area contributed by atoms with Gasteiger partial charge in [-0.1, -0.05) is 24.3 Å². The van der Waals surface area contributed by atoms with E-state index in [1.165, 1.54) is 0 Å². The van der Waals surface area contributed by atoms with Gasteiger partial charge < -0.3 is 14.4 Å². The van der Waals surface area contributed by atoms with Crippen molar-refractivity contribution >= 4 is 16.8 Å². The van der Waals surface area contributed by atoms with Gasteiger partial charge in [-0.15, -0.1) is 0 Å². The van der Waals surface area contributed by atoms with E-state index in [1.54, 1.807) is 19.4 Å². The lowest BCUT2D eigenvalue weighted by molar-refractivity contribution is 0.0597. The number of hydrogen-bond donors (Lipinski definition) is 0. The average Bonchev–Trinajstić information content (AvgIpc) is 2.74. The molecule has 0 radical (unpaired) electrons. The smallest absolute Gasteiger partial charge is 0.253 e. The molecule has 0 spiro atoms. The van der Waals surface area contributed by atoms with Crippen LogP contribution in [0, 0.1) is 0 Å². The van der Waals surface area contributed by atoms with Gasteiger partial charge in [0.15, 0.2) is 0 Å². The molecule has 4 rings (SSSR count). The molecule has 5 heteroatoms. The number of carbonyl (C=O) groups excluding carboxylic acids is 1. The number of carbonyl (C=O) groups is 1. The maximum atomic E-state index is 12.7. The summed E-state index contributed by atoms with van der Waals surface area (Å²) >= 11 is 0. The van der Waals surface area contributed by atoms with Crippen molar-refractivity contribution in [3.63, 3.8) is 0 Å². The number of likely N-dealkylation sites (tertiary alicyclic amines) is 1. The number of aromatic nitrogens is 1. The van der Waals surface area contributed by atoms with Crippen LogP contribution in [0.3, 0.4) is 0 Å². The fraction of sp³-hybridized carbons (Fsp3) is 0.273. The van der Waals surface area contributed by atoms with Crippen LogP contribution in [0.1, 0.15) is 23.2 Å². The van der Waals surface area contributed by atoms with Crippen LogP contribution in [0.25, 0.3) is 10.9 Å². The van der Waals surface area contributed by atoms with E-state index < -0.39 is 0 Å². The van der Waals surface area contributed by atoms with Crippen molar-refractivity contribution in [2.75, 3.05) is 20.2 Å². The first-order valence-corrected chi connectivity index (χ1v) is 9.18. The third-order valence-corrected chi connectivity index (χ3v) is 4.94. The molecule has 2 heterocycles. The van der Waals surface area contributed by atoms with Crippen molar-refractivity contribution in [2.45, 2.75) is 18.9 Å². The lowest BCUT2D eigenvalue weighted by atomic mass is 10.1. The number of piperidine rings is 1. The van der Waals surface area contributed by atoms with Gasteiger partial charge in [-0.2, -0.15) is 0 Å². The van der Waals surface area contributed by atoms with Gasteiger partial charge in [-0.25, -0.2) is 0 Å². The van der Waals surface area contributed by atoms with Crippen molar-refractivity contribution in [1.29, 1.82) is 0 Å². The zero-order valence-electron chi connectivity index (χ0n) is 15.3. The van der Waals surface area contributed by atoms with E-state index in [-0.39, 0.29) is 12.0 Å². The largest absolute Gasteiger partial charge is 0.497 e. The zero-order chi connectivity index (χ0) is 18.6. The Balaban J connectivity index is 1.40. The van der Waals surface area contributed by atoms with Crippen LogP contribution in [0.15, 0.2) is 60.8 Å². The Hall–Kier alpha value is -3.08. The quantitative estimate of drug-likeness (QED) is 0.706. The lowest BCUT2D eigenvalue weighted by Crippen LogP contribution is -2.41. The van der Waals surface area contributed by atoms with E-state index in [2.05, 4.69) is 4.98 Å². The Morgan fingerprint density at radius 1 is 1.07 bits per heavy atom. The number of hydrogen-bond acceptors (Lipinski definition) is 4. The van der Waals surface area contributed by atoms with Gasteiger partial charge in [0.25, 0.3) is 5.91 Å². The summed E-state index contributed by atoms with van der Waals surface area (Å²) in [5, 5.41) is 1.07. The molecule has 2 aromatic carbocycles. The molecule has 0 atom stereocenters. The molecule has 1 aromatic heterocycles. The van der Waals surface area contributed by atoms with E-state index >= 15 is 0 Å². The standard InChI is InChI=1S/C22H22N2O3/c1-26-19-8-2-6-17(15-19)22(25)24-13-10-18(11-14-24)27-20-9-3-5-16-7-4-12-23-21(16)20/h2-9,12,15,18H,10-11,13-14H2,1H3. The number of para-hydroxylation sites is 1. The molecule has 138 valence electrons. The van der Waals surface area contributed by atoms with Crippen LogP contribution < -0.4 is 9.47 Å². The average molecular weight is 362 g/mol. The molecular formula is C22H22N2O3. The summed E-state index contributed by atoms with van der Waals surface area (Å²) in [4.78, 5) is 19.1. The molecule has 5 nitrogen and oxygen atoms in total. The summed E-state index contributed by atoms with van der Waals surface area (Å²) in [6, 6.07) is 17.2. The second kappa shape index (κ2) is 7.66. The fourth-order valence-corrected chi connectivity index (χ4v) is 3.47. The molecular weight excluding hydrogens is 340 g/mol. The number of amides is 1. The highest BCUT2D eigenvalue weighted by molar-refractivity contribution is 5.94. The van der Waals surface area contributed by atoms with E-state index in [0.29, 0.717) is 24.4 Å². The predicted molar refractivity (Wildman–Crippen MR) is 104 cm³/mol. The molecule has 0 bridgehead atoms. The van der Waals surface area contributed by atoms with Crippen LogP contribution in [0.5, 0.6) is 11.5 Å². The molecule has 0 unspecified atom stereocenters. The van der Waals surface area contributed by atoms with Gasteiger partial charge in [0.1, 0.15) is 23.1 Å². The lowest BCUT2D eigenvalue weighted by Gasteiger charge is -2.32. The summed E-state index contributed by atoms with van der Waals surface area (Å²) in [6.07, 6.45) is 3.48. The maximum absolute atomic E-state index is 12.7. The molecule has 1 fully saturated rings. The molecule has 0 saturated carbocycles. The SMILES string of the molecule is COc1cccc(C(=O)N2CCC(Oc3cccc4cccnc34)CC2)c1. The molecule has 1 amide bonds. The second-order valence-electron chi connectivity index (χ2n) is 6.67. The summed E-state index contributed by atoms with van der Waals surface area (Å²) in [5.41, 5.74) is 1.54. The zero-order valence-corrected chi connectivity index (χ0v) is 15.3. The van der Waals surface area contributed by atoms with Gasteiger partial charge in [0.05, 0.1) is 7.11 Å². The number of nitrogens with zero attached hydrogens (tertiary/aromatic N) is 2. The van der Waals surface area contributed by atoms with Crippen LogP contribution in [0.4, 0.5) is 0 Å². The summed E-state index contributed by atoms with van der Waals surface area (Å²) in [6.45, 7) is 1.36. The first kappa shape index (κ1) is 17.3. The summed E-state index contributed by atoms with van der Waals surface area (Å²) in [5.74, 6) is 1.55. The van der Waals surface area contributed by atoms with Gasteiger partial charge in [-0.3, -0.25) is 9.78 Å². The van der Waals surface area contributed by atoms with Gasteiger partial charge in [0.2, 0.25) is 0 Å². The Labute approximate surface area is 158 Å². The highest BCUT2D eigenvalue weighted by Gasteiger charge is 2.25. The normalized spacial score (nSPS) is 14.9. The number of rotatable bonds is 4. The van der Waals surface area contributed by atoms with Crippen LogP contribution in [-0.2, 0) is 0 Å². The topological polar surface area (TPSA) is 51.7 Å². The van der Waals surface area contributed by atoms with Crippen molar-refractivity contribution in [2.24, 2.45) is 0 Å². The Bertz CT molecular complexity index is 944. The van der Waals surface area contributed by atoms with E-state index in [4.69, 9.17) is 9.47 Å². The van der Waals surface area contributed by atoms with Gasteiger partial charge >= 0.3 is 0 Å². The minimum atomic E-state index is 0.0409. The first-order valence-electron chi connectivity index (χ1n) is 9.18. The van der Waals surface area contributed by atoms with Crippen LogP contribution in [-0.4, -0.2) is 42.1 Å². The molecule has 3 aromatic rings. The minimum absolute atomic E-state index is 0.0409. The number of benzene rings is 2. The van der Waals surface area contributed by atoms with E-state index in [9.17, 15) is 4.79 Å². The Morgan fingerprint density at radius 2 is 1.85 bits per heavy atom. The van der Waals surface area contributed by atoms with E-state index in [0.717, 1.165) is 29.5 Å². The summed E-state index contributed by atoms with van der Waals surface area (Å²) in [7, 11) is 1.61. The van der Waals surface area contributed by atoms with Gasteiger partial charge in [0, 0.05) is 43.1 Å². The maximum Gasteiger partial charge on any atom is 0.253 e. The molecule has 0 N–H and O–H groups in total. The Morgan fingerprint density at radius 3 is 2.67 bits per heavy atom. The number of methoxy groups -OCH3 is 1. The molecule has 1 aliphatic rings. The monoisotopic (exact) mass is 362 g/mol. The summed E-state index contributed by atoms with van der Waals surface area (Å²) < 4.78 is 11.4. The van der Waals surface area contributed by atoms with Gasteiger partial charge in [-0.05, 0) is 30.3 Å². The number of pyridine rings is 1. The minimum Gasteiger partial charge on any atom is -0.497 e. The number of ether oxygens (including phenoxy) is 2. The Kier molecular flexibility index (Phi) is 4.92. The highest BCUT2D eigenvalue weighted by Crippen LogP contribution is 2.27. The predicted octanol–water partition coefficient (Wildman–Crippen LogP) is 3.93. The third-order valence-electron chi connectivity index (χ3n) is 4.94. The number of fused-ring (bicyclic) bond motifs is 1. The molecule has 1 saturated heterocycles. The molecule has 1 aliphatic heterocycles. The van der Waals surface area contributed by atoms with Crippen molar-refractivity contribution < 1.29 is 14.3 Å². The van der Waals surface area contributed by atoms with Crippen LogP contribution >= 0.6 is 0 Å². The first-order chi connectivity index (χ1) is 13.2. The van der Waals surface area contributed by atoms with E-state index in [1.807, 2.05) is 53.4 Å². The highest BCUT2D eigenvalue weighted by atomic mass is 16.5. The third kappa shape index (κ3) is 3.72. The van der Waals surface area contributed by atoms with Crippen molar-refractivity contribution in [1.82, 2.24) is 9.88 Å².